The Bertz CT molecular complexity index is 1110. The first-order valence-electron chi connectivity index (χ1n) is 9.79. The maximum Gasteiger partial charge on any atom is 0.346 e. The highest BCUT2D eigenvalue weighted by Gasteiger charge is 2.14. The third-order valence-corrected chi connectivity index (χ3v) is 4.69. The molecule has 0 fully saturated rings. The highest BCUT2D eigenvalue weighted by molar-refractivity contribution is 5.44. The number of tetrazole rings is 1. The van der Waals surface area contributed by atoms with E-state index in [2.05, 4.69) is 20.8 Å². The van der Waals surface area contributed by atoms with Gasteiger partial charge in [0.15, 0.2) is 11.5 Å². The maximum atomic E-state index is 5.95. The van der Waals surface area contributed by atoms with Crippen molar-refractivity contribution in [3.63, 3.8) is 0 Å². The lowest BCUT2D eigenvalue weighted by atomic mass is 10.2. The van der Waals surface area contributed by atoms with E-state index in [-0.39, 0.29) is 6.01 Å². The van der Waals surface area contributed by atoms with Gasteiger partial charge in [0.2, 0.25) is 0 Å². The molecular weight excluding hydrogens is 394 g/mol. The Morgan fingerprint density at radius 2 is 1.55 bits per heavy atom. The Labute approximate surface area is 180 Å². The standard InChI is InChI=1S/C23H23N5O3/c1-29-20-11-8-17(9-12-20)15-24-16-18-10-13-21(22(14-18)30-2)31-23-25-26-27-28(23)19-6-4-3-5-7-19/h3-14,24H,15-16H2,1-2H3. The first-order valence-corrected chi connectivity index (χ1v) is 9.79. The van der Waals surface area contributed by atoms with E-state index in [4.69, 9.17) is 14.2 Å². The molecule has 0 bridgehead atoms. The highest BCUT2D eigenvalue weighted by Crippen LogP contribution is 2.32. The van der Waals surface area contributed by atoms with Crippen molar-refractivity contribution < 1.29 is 14.2 Å². The Hall–Kier alpha value is -3.91. The number of para-hydroxylation sites is 1. The summed E-state index contributed by atoms with van der Waals surface area (Å²) in [5, 5.41) is 15.1. The first-order chi connectivity index (χ1) is 15.3. The van der Waals surface area contributed by atoms with Crippen LogP contribution in [0.25, 0.3) is 5.69 Å². The van der Waals surface area contributed by atoms with Gasteiger partial charge in [-0.25, -0.2) is 0 Å². The molecule has 3 aromatic carbocycles. The van der Waals surface area contributed by atoms with Crippen LogP contribution in [-0.2, 0) is 13.1 Å². The summed E-state index contributed by atoms with van der Waals surface area (Å²) >= 11 is 0. The van der Waals surface area contributed by atoms with Crippen molar-refractivity contribution in [1.29, 1.82) is 0 Å². The fourth-order valence-corrected chi connectivity index (χ4v) is 3.07. The summed E-state index contributed by atoms with van der Waals surface area (Å²) in [4.78, 5) is 0. The molecule has 158 valence electrons. The van der Waals surface area contributed by atoms with Gasteiger partial charge in [0.1, 0.15) is 5.75 Å². The van der Waals surface area contributed by atoms with E-state index in [9.17, 15) is 0 Å². The molecule has 0 saturated heterocycles. The molecule has 0 aliphatic carbocycles. The molecular formula is C23H23N5O3. The number of hydrogen-bond acceptors (Lipinski definition) is 7. The van der Waals surface area contributed by atoms with Gasteiger partial charge >= 0.3 is 6.01 Å². The topological polar surface area (TPSA) is 83.3 Å². The second kappa shape index (κ2) is 9.73. The van der Waals surface area contributed by atoms with Gasteiger partial charge in [-0.1, -0.05) is 41.5 Å². The maximum absolute atomic E-state index is 5.95. The molecule has 0 aliphatic heterocycles. The lowest BCUT2D eigenvalue weighted by molar-refractivity contribution is 0.362. The average Bonchev–Trinajstić information content (AvgIpc) is 3.29. The van der Waals surface area contributed by atoms with Crippen molar-refractivity contribution in [3.05, 3.63) is 83.9 Å². The molecule has 4 rings (SSSR count). The summed E-state index contributed by atoms with van der Waals surface area (Å²) in [7, 11) is 3.27. The van der Waals surface area contributed by atoms with E-state index in [1.165, 1.54) is 10.2 Å². The zero-order valence-corrected chi connectivity index (χ0v) is 17.4. The second-order valence-corrected chi connectivity index (χ2v) is 6.75. The number of benzene rings is 3. The molecule has 0 spiro atoms. The minimum absolute atomic E-state index is 0.259. The van der Waals surface area contributed by atoms with Gasteiger partial charge in [-0.2, -0.15) is 4.68 Å². The molecule has 1 heterocycles. The molecule has 0 atom stereocenters. The molecule has 0 amide bonds. The van der Waals surface area contributed by atoms with Gasteiger partial charge in [-0.3, -0.25) is 0 Å². The fraction of sp³-hybridized carbons (Fsp3) is 0.174. The molecule has 1 aromatic heterocycles. The predicted octanol–water partition coefficient (Wildman–Crippen LogP) is 3.76. The van der Waals surface area contributed by atoms with Crippen molar-refractivity contribution >= 4 is 0 Å². The van der Waals surface area contributed by atoms with Crippen LogP contribution in [0, 0.1) is 0 Å². The normalized spacial score (nSPS) is 10.6. The van der Waals surface area contributed by atoms with Gasteiger partial charge < -0.3 is 19.5 Å². The van der Waals surface area contributed by atoms with Crippen molar-refractivity contribution in [3.8, 4) is 28.9 Å². The summed E-state index contributed by atoms with van der Waals surface area (Å²) in [5.74, 6) is 1.99. The zero-order valence-electron chi connectivity index (χ0n) is 17.4. The molecule has 8 heteroatoms. The van der Waals surface area contributed by atoms with Gasteiger partial charge in [-0.05, 0) is 58.0 Å². The Kier molecular flexibility index (Phi) is 6.39. The zero-order chi connectivity index (χ0) is 21.5. The van der Waals surface area contributed by atoms with Crippen LogP contribution in [0.3, 0.4) is 0 Å². The minimum atomic E-state index is 0.259. The Morgan fingerprint density at radius 1 is 0.806 bits per heavy atom. The smallest absolute Gasteiger partial charge is 0.346 e. The summed E-state index contributed by atoms with van der Waals surface area (Å²) in [6, 6.07) is 23.6. The first kappa shape index (κ1) is 20.4. The Balaban J connectivity index is 1.42. The molecule has 0 aliphatic rings. The summed E-state index contributed by atoms with van der Waals surface area (Å²) in [5.41, 5.74) is 3.06. The van der Waals surface area contributed by atoms with E-state index < -0.39 is 0 Å². The third kappa shape index (κ3) is 4.99. The van der Waals surface area contributed by atoms with Gasteiger partial charge in [0.05, 0.1) is 19.9 Å². The highest BCUT2D eigenvalue weighted by atomic mass is 16.5. The van der Waals surface area contributed by atoms with Crippen LogP contribution in [0.1, 0.15) is 11.1 Å². The number of ether oxygens (including phenoxy) is 3. The van der Waals surface area contributed by atoms with E-state index in [1.807, 2.05) is 72.8 Å². The van der Waals surface area contributed by atoms with Crippen LogP contribution < -0.4 is 19.5 Å². The fourth-order valence-electron chi connectivity index (χ4n) is 3.07. The minimum Gasteiger partial charge on any atom is -0.497 e. The molecule has 1 N–H and O–H groups in total. The van der Waals surface area contributed by atoms with E-state index in [0.29, 0.717) is 18.0 Å². The quantitative estimate of drug-likeness (QED) is 0.444. The largest absolute Gasteiger partial charge is 0.497 e. The predicted molar refractivity (Wildman–Crippen MR) is 116 cm³/mol. The average molecular weight is 417 g/mol. The van der Waals surface area contributed by atoms with Crippen LogP contribution in [0.2, 0.25) is 0 Å². The number of aromatic nitrogens is 4. The van der Waals surface area contributed by atoms with Crippen LogP contribution in [0.15, 0.2) is 72.8 Å². The van der Waals surface area contributed by atoms with Crippen molar-refractivity contribution in [2.75, 3.05) is 14.2 Å². The molecule has 8 nitrogen and oxygen atoms in total. The van der Waals surface area contributed by atoms with Crippen molar-refractivity contribution in [2.45, 2.75) is 13.1 Å². The second-order valence-electron chi connectivity index (χ2n) is 6.75. The number of rotatable bonds is 9. The lowest BCUT2D eigenvalue weighted by Crippen LogP contribution is -2.12. The molecule has 4 aromatic rings. The summed E-state index contributed by atoms with van der Waals surface area (Å²) in [6.07, 6.45) is 0. The molecule has 31 heavy (non-hydrogen) atoms. The summed E-state index contributed by atoms with van der Waals surface area (Å²) in [6.45, 7) is 1.43. The lowest BCUT2D eigenvalue weighted by Gasteiger charge is -2.12. The molecule has 0 radical (unpaired) electrons. The SMILES string of the molecule is COc1ccc(CNCc2ccc(Oc3nnnn3-c3ccccc3)c(OC)c2)cc1. The Morgan fingerprint density at radius 3 is 2.29 bits per heavy atom. The van der Waals surface area contributed by atoms with Gasteiger partial charge in [0, 0.05) is 13.1 Å². The van der Waals surface area contributed by atoms with Gasteiger partial charge in [0.25, 0.3) is 0 Å². The van der Waals surface area contributed by atoms with Crippen molar-refractivity contribution in [1.82, 2.24) is 25.5 Å². The van der Waals surface area contributed by atoms with E-state index >= 15 is 0 Å². The summed E-state index contributed by atoms with van der Waals surface area (Å²) < 4.78 is 18.2. The molecule has 0 unspecified atom stereocenters. The van der Waals surface area contributed by atoms with E-state index in [0.717, 1.165) is 23.5 Å². The number of methoxy groups -OCH3 is 2. The van der Waals surface area contributed by atoms with Crippen LogP contribution in [0.4, 0.5) is 0 Å². The molecule has 0 saturated carbocycles. The van der Waals surface area contributed by atoms with Gasteiger partial charge in [-0.15, -0.1) is 0 Å². The van der Waals surface area contributed by atoms with Crippen LogP contribution in [0.5, 0.6) is 23.3 Å². The van der Waals surface area contributed by atoms with Crippen LogP contribution in [-0.4, -0.2) is 34.4 Å². The van der Waals surface area contributed by atoms with E-state index in [1.54, 1.807) is 14.2 Å². The number of nitrogens with zero attached hydrogens (tertiary/aromatic N) is 4. The third-order valence-electron chi connectivity index (χ3n) is 4.69. The number of hydrogen-bond donors (Lipinski definition) is 1. The van der Waals surface area contributed by atoms with Crippen LogP contribution >= 0.6 is 0 Å². The monoisotopic (exact) mass is 417 g/mol. The van der Waals surface area contributed by atoms with Crippen molar-refractivity contribution in [2.24, 2.45) is 0 Å². The number of nitrogens with one attached hydrogen (secondary N) is 1.